The molecule has 0 aliphatic heterocycles. The van der Waals surface area contributed by atoms with E-state index in [0.29, 0.717) is 25.5 Å². The van der Waals surface area contributed by atoms with Crippen LogP contribution in [0.25, 0.3) is 22.4 Å². The van der Waals surface area contributed by atoms with E-state index in [1.165, 1.54) is 0 Å². The maximum atomic E-state index is 11.2. The van der Waals surface area contributed by atoms with Crippen LogP contribution in [0.4, 0.5) is 0 Å². The number of oxazole rings is 1. The van der Waals surface area contributed by atoms with Gasteiger partial charge < -0.3 is 13.9 Å². The first kappa shape index (κ1) is 18.9. The third-order valence-corrected chi connectivity index (χ3v) is 4.80. The highest BCUT2D eigenvalue weighted by atomic mass is 16.5. The van der Waals surface area contributed by atoms with Crippen LogP contribution >= 0.6 is 0 Å². The van der Waals surface area contributed by atoms with E-state index in [9.17, 15) is 4.79 Å². The van der Waals surface area contributed by atoms with Crippen LogP contribution in [-0.2, 0) is 17.9 Å². The summed E-state index contributed by atoms with van der Waals surface area (Å²) in [5.41, 5.74) is 2.71. The molecule has 29 heavy (non-hydrogen) atoms. The van der Waals surface area contributed by atoms with E-state index >= 15 is 0 Å². The average Bonchev–Trinajstić information content (AvgIpc) is 3.30. The van der Waals surface area contributed by atoms with E-state index in [0.717, 1.165) is 40.1 Å². The van der Waals surface area contributed by atoms with E-state index < -0.39 is 0 Å². The first-order valence-electron chi connectivity index (χ1n) is 9.69. The van der Waals surface area contributed by atoms with Gasteiger partial charge in [-0.05, 0) is 44.5 Å². The molecule has 148 valence electrons. The number of nitrogens with zero attached hydrogens (tertiary/aromatic N) is 3. The monoisotopic (exact) mass is 389 g/mol. The highest BCUT2D eigenvalue weighted by molar-refractivity contribution is 5.80. The van der Waals surface area contributed by atoms with Gasteiger partial charge in [-0.15, -0.1) is 0 Å². The molecular formula is C23H23N3O3. The first-order chi connectivity index (χ1) is 14.1. The fraction of sp³-hybridized carbons (Fsp3) is 0.261. The van der Waals surface area contributed by atoms with Crippen molar-refractivity contribution in [2.24, 2.45) is 0 Å². The van der Waals surface area contributed by atoms with Gasteiger partial charge in [-0.3, -0.25) is 4.68 Å². The Kier molecular flexibility index (Phi) is 5.42. The van der Waals surface area contributed by atoms with Crippen LogP contribution in [0, 0.1) is 6.92 Å². The largest absolute Gasteiger partial charge is 0.487 e. The molecule has 2 aromatic carbocycles. The smallest absolute Gasteiger partial charge is 0.226 e. The topological polar surface area (TPSA) is 70.2 Å². The second-order valence-corrected chi connectivity index (χ2v) is 7.07. The van der Waals surface area contributed by atoms with E-state index in [1.807, 2.05) is 66.3 Å². The molecule has 0 saturated carbocycles. The van der Waals surface area contributed by atoms with Gasteiger partial charge in [-0.1, -0.05) is 18.2 Å². The van der Waals surface area contributed by atoms with Crippen molar-refractivity contribution in [3.8, 4) is 17.2 Å². The second kappa shape index (κ2) is 8.31. The molecule has 6 heteroatoms. The number of aromatic nitrogens is 3. The Morgan fingerprint density at radius 2 is 2.00 bits per heavy atom. The number of Topliss-reactive ketones (excluding diaryl/α,β-unsaturated/α-hetero) is 1. The second-order valence-electron chi connectivity index (χ2n) is 7.07. The Hall–Kier alpha value is -3.41. The molecule has 4 aromatic rings. The van der Waals surface area contributed by atoms with Gasteiger partial charge in [0, 0.05) is 30.0 Å². The lowest BCUT2D eigenvalue weighted by molar-refractivity contribution is -0.117. The van der Waals surface area contributed by atoms with Gasteiger partial charge in [0.15, 0.2) is 0 Å². The minimum atomic E-state index is 0.198. The predicted molar refractivity (Wildman–Crippen MR) is 111 cm³/mol. The van der Waals surface area contributed by atoms with E-state index in [4.69, 9.17) is 9.15 Å². The lowest BCUT2D eigenvalue weighted by Gasteiger charge is -2.07. The quantitative estimate of drug-likeness (QED) is 0.426. The van der Waals surface area contributed by atoms with Gasteiger partial charge in [0.1, 0.15) is 29.6 Å². The summed E-state index contributed by atoms with van der Waals surface area (Å²) in [7, 11) is 0. The van der Waals surface area contributed by atoms with Crippen molar-refractivity contribution in [2.45, 2.75) is 39.8 Å². The van der Waals surface area contributed by atoms with E-state index in [-0.39, 0.29) is 5.78 Å². The summed E-state index contributed by atoms with van der Waals surface area (Å²) in [5, 5.41) is 5.47. The molecule has 0 spiro atoms. The summed E-state index contributed by atoms with van der Waals surface area (Å²) in [6.07, 6.45) is 3.17. The van der Waals surface area contributed by atoms with Crippen LogP contribution in [0.2, 0.25) is 0 Å². The van der Waals surface area contributed by atoms with Gasteiger partial charge in [0.2, 0.25) is 5.89 Å². The molecule has 4 rings (SSSR count). The van der Waals surface area contributed by atoms with Crippen LogP contribution in [-0.4, -0.2) is 20.5 Å². The fourth-order valence-electron chi connectivity index (χ4n) is 3.21. The highest BCUT2D eigenvalue weighted by Crippen LogP contribution is 2.25. The zero-order chi connectivity index (χ0) is 20.2. The number of ketones is 1. The lowest BCUT2D eigenvalue weighted by Crippen LogP contribution is -2.02. The third kappa shape index (κ3) is 4.37. The van der Waals surface area contributed by atoms with Gasteiger partial charge in [-0.2, -0.15) is 5.10 Å². The Morgan fingerprint density at radius 3 is 2.79 bits per heavy atom. The molecule has 0 aliphatic carbocycles. The van der Waals surface area contributed by atoms with Gasteiger partial charge in [-0.25, -0.2) is 4.98 Å². The van der Waals surface area contributed by atoms with Crippen LogP contribution in [0.15, 0.2) is 59.1 Å². The number of hydrogen-bond donors (Lipinski definition) is 0. The Bertz CT molecular complexity index is 1130. The molecular weight excluding hydrogens is 366 g/mol. The molecule has 0 aliphatic rings. The molecule has 2 aromatic heterocycles. The van der Waals surface area contributed by atoms with Crippen molar-refractivity contribution in [3.63, 3.8) is 0 Å². The van der Waals surface area contributed by atoms with Crippen LogP contribution in [0.1, 0.15) is 31.2 Å². The number of benzene rings is 2. The maximum absolute atomic E-state index is 11.2. The average molecular weight is 389 g/mol. The molecule has 0 fully saturated rings. The van der Waals surface area contributed by atoms with Crippen LogP contribution in [0.5, 0.6) is 5.75 Å². The minimum absolute atomic E-state index is 0.198. The summed E-state index contributed by atoms with van der Waals surface area (Å²) in [6.45, 7) is 4.54. The number of aryl methyl sites for hydroxylation is 2. The summed E-state index contributed by atoms with van der Waals surface area (Å²) in [5.74, 6) is 2.29. The number of rotatable bonds is 8. The third-order valence-electron chi connectivity index (χ3n) is 4.80. The van der Waals surface area contributed by atoms with Gasteiger partial charge >= 0.3 is 0 Å². The van der Waals surface area contributed by atoms with Crippen molar-refractivity contribution >= 4 is 16.7 Å². The Balaban J connectivity index is 1.47. The maximum Gasteiger partial charge on any atom is 0.226 e. The van der Waals surface area contributed by atoms with Crippen molar-refractivity contribution in [1.82, 2.24) is 14.8 Å². The highest BCUT2D eigenvalue weighted by Gasteiger charge is 2.12. The van der Waals surface area contributed by atoms with E-state index in [1.54, 1.807) is 6.92 Å². The van der Waals surface area contributed by atoms with Crippen molar-refractivity contribution in [2.75, 3.05) is 0 Å². The predicted octanol–water partition coefficient (Wildman–Crippen LogP) is 4.95. The Labute approximate surface area is 169 Å². The number of carbonyl (C=O) groups excluding carboxylic acids is 1. The normalized spacial score (nSPS) is 11.1. The standard InChI is InChI=1S/C23H23N3O3/c1-16(27)7-6-12-26-22-13-20(11-10-19(22)14-24-26)28-15-21-17(2)29-23(25-21)18-8-4-3-5-9-18/h3-5,8-11,13-14H,6-7,12,15H2,1-2H3. The molecule has 0 unspecified atom stereocenters. The molecule has 6 nitrogen and oxygen atoms in total. The number of ether oxygens (including phenoxy) is 1. The minimum Gasteiger partial charge on any atom is -0.487 e. The van der Waals surface area contributed by atoms with Crippen molar-refractivity contribution in [3.05, 3.63) is 66.2 Å². The molecule has 0 bridgehead atoms. The lowest BCUT2D eigenvalue weighted by atomic mass is 10.2. The number of fused-ring (bicyclic) bond motifs is 1. The number of carbonyl (C=O) groups is 1. The molecule has 0 saturated heterocycles. The van der Waals surface area contributed by atoms with Crippen LogP contribution < -0.4 is 4.74 Å². The molecule has 0 N–H and O–H groups in total. The summed E-state index contributed by atoms with van der Waals surface area (Å²) >= 11 is 0. The zero-order valence-electron chi connectivity index (χ0n) is 16.6. The van der Waals surface area contributed by atoms with E-state index in [2.05, 4.69) is 10.1 Å². The molecule has 0 amide bonds. The van der Waals surface area contributed by atoms with Crippen LogP contribution in [0.3, 0.4) is 0 Å². The van der Waals surface area contributed by atoms with Crippen molar-refractivity contribution in [1.29, 1.82) is 0 Å². The SMILES string of the molecule is CC(=O)CCCn1ncc2ccc(OCc3nc(-c4ccccc4)oc3C)cc21. The molecule has 0 radical (unpaired) electrons. The van der Waals surface area contributed by atoms with Crippen molar-refractivity contribution < 1.29 is 13.9 Å². The molecule has 2 heterocycles. The Morgan fingerprint density at radius 1 is 1.17 bits per heavy atom. The number of hydrogen-bond acceptors (Lipinski definition) is 5. The summed E-state index contributed by atoms with van der Waals surface area (Å²) in [4.78, 5) is 15.7. The first-order valence-corrected chi connectivity index (χ1v) is 9.69. The molecule has 0 atom stereocenters. The van der Waals surface area contributed by atoms with Gasteiger partial charge in [0.25, 0.3) is 0 Å². The van der Waals surface area contributed by atoms with Gasteiger partial charge in [0.05, 0.1) is 11.7 Å². The summed E-state index contributed by atoms with van der Waals surface area (Å²) < 4.78 is 13.7. The fourth-order valence-corrected chi connectivity index (χ4v) is 3.21. The zero-order valence-corrected chi connectivity index (χ0v) is 16.6. The summed E-state index contributed by atoms with van der Waals surface area (Å²) in [6, 6.07) is 15.7.